The monoisotopic (exact) mass is 323 g/mol. The first-order valence-corrected chi connectivity index (χ1v) is 8.66. The van der Waals surface area contributed by atoms with Crippen LogP contribution in [-0.4, -0.2) is 48.4 Å². The third kappa shape index (κ3) is 8.16. The number of hydrogen-bond donors (Lipinski definition) is 2. The molecule has 2 amide bonds. The van der Waals surface area contributed by atoms with Crippen molar-refractivity contribution in [1.29, 1.82) is 0 Å². The molecule has 0 bridgehead atoms. The Morgan fingerprint density at radius 3 is 2.57 bits per heavy atom. The van der Waals surface area contributed by atoms with Gasteiger partial charge in [-0.15, -0.1) is 0 Å². The lowest BCUT2D eigenvalue weighted by Gasteiger charge is -2.26. The highest BCUT2D eigenvalue weighted by Crippen LogP contribution is 2.19. The first-order chi connectivity index (χ1) is 10.7. The number of nitrogens with one attached hydrogen (secondary N) is 2. The van der Waals surface area contributed by atoms with Crippen LogP contribution in [-0.2, 0) is 9.59 Å². The number of likely N-dealkylation sites (N-methyl/N-ethyl adjacent to an activating group) is 1. The number of nitrogens with zero attached hydrogens (tertiary/aromatic N) is 1. The molecule has 0 radical (unpaired) electrons. The van der Waals surface area contributed by atoms with Crippen molar-refractivity contribution in [2.75, 3.05) is 20.1 Å². The van der Waals surface area contributed by atoms with Crippen molar-refractivity contribution < 1.29 is 9.59 Å². The maximum Gasteiger partial charge on any atom is 0.237 e. The van der Waals surface area contributed by atoms with Gasteiger partial charge in [-0.2, -0.15) is 0 Å². The van der Waals surface area contributed by atoms with Gasteiger partial charge >= 0.3 is 0 Å². The highest BCUT2D eigenvalue weighted by Gasteiger charge is 2.21. The lowest BCUT2D eigenvalue weighted by atomic mass is 9.97. The molecule has 1 aliphatic carbocycles. The normalized spacial score (nSPS) is 16.7. The zero-order valence-corrected chi connectivity index (χ0v) is 15.4. The van der Waals surface area contributed by atoms with Crippen molar-refractivity contribution in [2.45, 2.75) is 71.4 Å². The van der Waals surface area contributed by atoms with Crippen molar-refractivity contribution in [3.63, 3.8) is 0 Å². The summed E-state index contributed by atoms with van der Waals surface area (Å²) in [5, 5.41) is 5.89. The van der Waals surface area contributed by atoms with Crippen LogP contribution < -0.4 is 10.6 Å². The molecular formula is C18H33N3O2. The van der Waals surface area contributed by atoms with Gasteiger partial charge in [-0.05, 0) is 66.8 Å². The van der Waals surface area contributed by atoms with Gasteiger partial charge in [-0.1, -0.05) is 11.6 Å². The van der Waals surface area contributed by atoms with Crippen molar-refractivity contribution in [1.82, 2.24) is 15.5 Å². The summed E-state index contributed by atoms with van der Waals surface area (Å²) < 4.78 is 0. The fraction of sp³-hybridized carbons (Fsp3) is 0.778. The Bertz CT molecular complexity index is 438. The van der Waals surface area contributed by atoms with Crippen LogP contribution in [0.15, 0.2) is 11.6 Å². The number of amides is 2. The maximum absolute atomic E-state index is 12.2. The Morgan fingerprint density at radius 1 is 1.30 bits per heavy atom. The smallest absolute Gasteiger partial charge is 0.237 e. The van der Waals surface area contributed by atoms with Crippen molar-refractivity contribution >= 4 is 11.8 Å². The molecule has 1 aliphatic rings. The second-order valence-corrected chi connectivity index (χ2v) is 7.54. The zero-order chi connectivity index (χ0) is 17.5. The molecular weight excluding hydrogens is 290 g/mol. The van der Waals surface area contributed by atoms with Crippen LogP contribution in [0.5, 0.6) is 0 Å². The van der Waals surface area contributed by atoms with E-state index in [0.29, 0.717) is 6.54 Å². The molecule has 0 fully saturated rings. The van der Waals surface area contributed by atoms with E-state index in [-0.39, 0.29) is 29.9 Å². The third-order valence-corrected chi connectivity index (χ3v) is 4.08. The standard InChI is InChI=1S/C18H33N3O2/c1-14(21(5)13-16(22)20-18(2,3)4)17(23)19-12-11-15-9-7-6-8-10-15/h9,14H,6-8,10-13H2,1-5H3,(H,19,23)(H,20,22)/t14-/m1/s1. The minimum Gasteiger partial charge on any atom is -0.354 e. The van der Waals surface area contributed by atoms with Crippen LogP contribution in [0.25, 0.3) is 0 Å². The average Bonchev–Trinajstić information content (AvgIpc) is 2.45. The molecule has 23 heavy (non-hydrogen) atoms. The minimum absolute atomic E-state index is 0.0209. The summed E-state index contributed by atoms with van der Waals surface area (Å²) >= 11 is 0. The predicted octanol–water partition coefficient (Wildman–Crippen LogP) is 2.23. The summed E-state index contributed by atoms with van der Waals surface area (Å²) in [5.41, 5.74) is 1.21. The van der Waals surface area contributed by atoms with E-state index < -0.39 is 0 Å². The lowest BCUT2D eigenvalue weighted by molar-refractivity contribution is -0.128. The number of carbonyl (C=O) groups excluding carboxylic acids is 2. The van der Waals surface area contributed by atoms with E-state index in [1.807, 2.05) is 27.7 Å². The highest BCUT2D eigenvalue weighted by atomic mass is 16.2. The Kier molecular flexibility index (Phi) is 7.76. The van der Waals surface area contributed by atoms with Gasteiger partial charge in [0.1, 0.15) is 0 Å². The Balaban J connectivity index is 2.31. The molecule has 0 aromatic rings. The Morgan fingerprint density at radius 2 is 2.00 bits per heavy atom. The van der Waals surface area contributed by atoms with Crippen molar-refractivity contribution in [3.05, 3.63) is 11.6 Å². The van der Waals surface area contributed by atoms with Crippen LogP contribution in [0, 0.1) is 0 Å². The van der Waals surface area contributed by atoms with Gasteiger partial charge in [-0.3, -0.25) is 14.5 Å². The summed E-state index contributed by atoms with van der Waals surface area (Å²) in [6, 6.07) is -0.318. The molecule has 2 N–H and O–H groups in total. The fourth-order valence-electron chi connectivity index (χ4n) is 2.65. The minimum atomic E-state index is -0.318. The molecule has 0 aromatic heterocycles. The summed E-state index contributed by atoms with van der Waals surface area (Å²) in [5.74, 6) is -0.0838. The third-order valence-electron chi connectivity index (χ3n) is 4.08. The largest absolute Gasteiger partial charge is 0.354 e. The molecule has 5 heteroatoms. The molecule has 0 heterocycles. The predicted molar refractivity (Wildman–Crippen MR) is 94.2 cm³/mol. The molecule has 0 saturated carbocycles. The number of hydrogen-bond acceptors (Lipinski definition) is 3. The van der Waals surface area contributed by atoms with E-state index in [4.69, 9.17) is 0 Å². The number of carbonyl (C=O) groups is 2. The summed E-state index contributed by atoms with van der Waals surface area (Å²) in [6.07, 6.45) is 8.13. The second kappa shape index (κ2) is 9.06. The van der Waals surface area contributed by atoms with Crippen molar-refractivity contribution in [3.8, 4) is 0 Å². The average molecular weight is 323 g/mol. The summed E-state index contributed by atoms with van der Waals surface area (Å²) in [6.45, 7) is 8.57. The quantitative estimate of drug-likeness (QED) is 0.706. The summed E-state index contributed by atoms with van der Waals surface area (Å²) in [4.78, 5) is 25.9. The lowest BCUT2D eigenvalue weighted by Crippen LogP contribution is -2.50. The van der Waals surface area contributed by atoms with Gasteiger partial charge in [0.15, 0.2) is 0 Å². The van der Waals surface area contributed by atoms with E-state index in [0.717, 1.165) is 12.8 Å². The van der Waals surface area contributed by atoms with E-state index in [2.05, 4.69) is 16.7 Å². The van der Waals surface area contributed by atoms with E-state index in [1.54, 1.807) is 11.9 Å². The number of rotatable bonds is 7. The molecule has 1 atom stereocenters. The van der Waals surface area contributed by atoms with Gasteiger partial charge in [0.2, 0.25) is 11.8 Å². The van der Waals surface area contributed by atoms with Crippen LogP contribution in [0.1, 0.15) is 59.8 Å². The van der Waals surface area contributed by atoms with Crippen LogP contribution in [0.2, 0.25) is 0 Å². The SMILES string of the molecule is C[C@H](C(=O)NCCC1=CCCCC1)N(C)CC(=O)NC(C)(C)C. The molecule has 5 nitrogen and oxygen atoms in total. The van der Waals surface area contributed by atoms with E-state index in [9.17, 15) is 9.59 Å². The topological polar surface area (TPSA) is 61.4 Å². The first-order valence-electron chi connectivity index (χ1n) is 8.66. The molecule has 0 unspecified atom stereocenters. The number of allylic oxidation sites excluding steroid dienone is 1. The van der Waals surface area contributed by atoms with Crippen LogP contribution >= 0.6 is 0 Å². The Hall–Kier alpha value is -1.36. The molecule has 0 aliphatic heterocycles. The van der Waals surface area contributed by atoms with Gasteiger partial charge in [0, 0.05) is 12.1 Å². The van der Waals surface area contributed by atoms with E-state index in [1.165, 1.54) is 24.8 Å². The van der Waals surface area contributed by atoms with E-state index >= 15 is 0 Å². The zero-order valence-electron chi connectivity index (χ0n) is 15.4. The van der Waals surface area contributed by atoms with Crippen LogP contribution in [0.3, 0.4) is 0 Å². The summed E-state index contributed by atoms with van der Waals surface area (Å²) in [7, 11) is 1.80. The fourth-order valence-corrected chi connectivity index (χ4v) is 2.65. The Labute approximate surface area is 140 Å². The van der Waals surface area contributed by atoms with Gasteiger partial charge in [-0.25, -0.2) is 0 Å². The molecule has 1 rings (SSSR count). The molecule has 0 spiro atoms. The first kappa shape index (κ1) is 19.7. The molecule has 0 aromatic carbocycles. The van der Waals surface area contributed by atoms with Crippen molar-refractivity contribution in [2.24, 2.45) is 0 Å². The maximum atomic E-state index is 12.2. The molecule has 0 saturated heterocycles. The van der Waals surface area contributed by atoms with Crippen LogP contribution in [0.4, 0.5) is 0 Å². The highest BCUT2D eigenvalue weighted by molar-refractivity contribution is 5.83. The molecule has 132 valence electrons. The van der Waals surface area contributed by atoms with Gasteiger partial charge < -0.3 is 10.6 Å². The van der Waals surface area contributed by atoms with Gasteiger partial charge in [0.25, 0.3) is 0 Å². The van der Waals surface area contributed by atoms with Gasteiger partial charge in [0.05, 0.1) is 12.6 Å². The second-order valence-electron chi connectivity index (χ2n) is 7.54.